The van der Waals surface area contributed by atoms with Gasteiger partial charge in [0, 0.05) is 14.2 Å². The Hall–Kier alpha value is -0.810. The number of hydrogen-bond donors (Lipinski definition) is 1. The molecular formula is C5H11NO4. The summed E-state index contributed by atoms with van der Waals surface area (Å²) in [7, 11) is 2.82. The van der Waals surface area contributed by atoms with Crippen molar-refractivity contribution in [3.8, 4) is 0 Å². The van der Waals surface area contributed by atoms with Crippen LogP contribution < -0.4 is 0 Å². The van der Waals surface area contributed by atoms with Crippen LogP contribution in [0.25, 0.3) is 0 Å². The molecule has 0 saturated heterocycles. The normalized spacial score (nSPS) is 9.10. The SMILES string of the molecule is COCOC(=O)N(C)CO. The molecule has 0 atom stereocenters. The summed E-state index contributed by atoms with van der Waals surface area (Å²) in [6, 6.07) is 0. The van der Waals surface area contributed by atoms with Crippen LogP contribution in [0, 0.1) is 0 Å². The van der Waals surface area contributed by atoms with Crippen LogP contribution >= 0.6 is 0 Å². The maximum atomic E-state index is 10.6. The molecule has 1 N–H and O–H groups in total. The summed E-state index contributed by atoms with van der Waals surface area (Å²) in [6.07, 6.45) is -0.607. The number of rotatable bonds is 3. The zero-order valence-electron chi connectivity index (χ0n) is 6.03. The Kier molecular flexibility index (Phi) is 4.61. The molecule has 0 aliphatic heterocycles. The van der Waals surface area contributed by atoms with E-state index >= 15 is 0 Å². The number of methoxy groups -OCH3 is 1. The third-order valence-electron chi connectivity index (χ3n) is 0.824. The molecule has 0 saturated carbocycles. The number of hydrogen-bond acceptors (Lipinski definition) is 4. The molecule has 0 heterocycles. The molecule has 0 bridgehead atoms. The summed E-state index contributed by atoms with van der Waals surface area (Å²) in [4.78, 5) is 11.6. The first-order valence-corrected chi connectivity index (χ1v) is 2.70. The summed E-state index contributed by atoms with van der Waals surface area (Å²) in [5, 5.41) is 8.39. The molecule has 0 aliphatic rings. The first kappa shape index (κ1) is 9.19. The van der Waals surface area contributed by atoms with Gasteiger partial charge in [0.05, 0.1) is 0 Å². The minimum atomic E-state index is -0.607. The van der Waals surface area contributed by atoms with Gasteiger partial charge in [0.1, 0.15) is 6.73 Å². The van der Waals surface area contributed by atoms with Crippen molar-refractivity contribution in [2.24, 2.45) is 0 Å². The number of carbonyl (C=O) groups excluding carboxylic acids is 1. The van der Waals surface area contributed by atoms with E-state index in [1.54, 1.807) is 0 Å². The molecule has 0 unspecified atom stereocenters. The summed E-state index contributed by atoms with van der Waals surface area (Å²) < 4.78 is 8.90. The number of amides is 1. The molecule has 0 aromatic carbocycles. The summed E-state index contributed by atoms with van der Waals surface area (Å²) in [5.41, 5.74) is 0. The van der Waals surface area contributed by atoms with E-state index in [-0.39, 0.29) is 13.5 Å². The average molecular weight is 149 g/mol. The largest absolute Gasteiger partial charge is 0.422 e. The van der Waals surface area contributed by atoms with Gasteiger partial charge in [-0.05, 0) is 0 Å². The van der Waals surface area contributed by atoms with Gasteiger partial charge < -0.3 is 14.6 Å². The van der Waals surface area contributed by atoms with Gasteiger partial charge >= 0.3 is 6.09 Å². The fraction of sp³-hybridized carbons (Fsp3) is 0.800. The lowest BCUT2D eigenvalue weighted by Crippen LogP contribution is -2.28. The molecule has 1 amide bonds. The third kappa shape index (κ3) is 3.26. The van der Waals surface area contributed by atoms with E-state index in [0.717, 1.165) is 4.90 Å². The van der Waals surface area contributed by atoms with Crippen LogP contribution in [0.2, 0.25) is 0 Å². The molecule has 0 fully saturated rings. The van der Waals surface area contributed by atoms with E-state index in [4.69, 9.17) is 5.11 Å². The topological polar surface area (TPSA) is 59.0 Å². The fourth-order valence-electron chi connectivity index (χ4n) is 0.277. The second-order valence-electron chi connectivity index (χ2n) is 1.66. The van der Waals surface area contributed by atoms with Crippen molar-refractivity contribution < 1.29 is 19.4 Å². The highest BCUT2D eigenvalue weighted by Gasteiger charge is 2.06. The molecule has 0 aromatic rings. The summed E-state index contributed by atoms with van der Waals surface area (Å²) in [6.45, 7) is -0.453. The minimum absolute atomic E-state index is 0.0941. The maximum Gasteiger partial charge on any atom is 0.413 e. The van der Waals surface area contributed by atoms with Crippen LogP contribution in [0.5, 0.6) is 0 Å². The van der Waals surface area contributed by atoms with E-state index < -0.39 is 6.09 Å². The number of aliphatic hydroxyl groups is 1. The van der Waals surface area contributed by atoms with Gasteiger partial charge in [0.15, 0.2) is 6.79 Å². The molecule has 0 aliphatic carbocycles. The molecule has 5 nitrogen and oxygen atoms in total. The molecule has 0 rings (SSSR count). The zero-order chi connectivity index (χ0) is 7.98. The second-order valence-corrected chi connectivity index (χ2v) is 1.66. The van der Waals surface area contributed by atoms with Crippen molar-refractivity contribution in [3.05, 3.63) is 0 Å². The second kappa shape index (κ2) is 5.01. The number of ether oxygens (including phenoxy) is 2. The van der Waals surface area contributed by atoms with Crippen LogP contribution in [0.15, 0.2) is 0 Å². The van der Waals surface area contributed by atoms with Crippen LogP contribution in [0.4, 0.5) is 4.79 Å². The highest BCUT2D eigenvalue weighted by molar-refractivity contribution is 5.66. The predicted octanol–water partition coefficient (Wildman–Crippen LogP) is -0.392. The van der Waals surface area contributed by atoms with Crippen LogP contribution in [0.3, 0.4) is 0 Å². The Balaban J connectivity index is 3.42. The smallest absolute Gasteiger partial charge is 0.413 e. The molecule has 0 spiro atoms. The fourth-order valence-corrected chi connectivity index (χ4v) is 0.277. The third-order valence-corrected chi connectivity index (χ3v) is 0.824. The predicted molar refractivity (Wildman–Crippen MR) is 33.2 cm³/mol. The van der Waals surface area contributed by atoms with Crippen LogP contribution in [-0.4, -0.2) is 43.8 Å². The lowest BCUT2D eigenvalue weighted by atomic mass is 10.9. The minimum Gasteiger partial charge on any atom is -0.422 e. The quantitative estimate of drug-likeness (QED) is 0.555. The Labute approximate surface area is 59.1 Å². The number of aliphatic hydroxyl groups excluding tert-OH is 1. The van der Waals surface area contributed by atoms with Crippen molar-refractivity contribution in [1.82, 2.24) is 4.90 Å². The molecule has 60 valence electrons. The van der Waals surface area contributed by atoms with E-state index in [0.29, 0.717) is 0 Å². The Bertz CT molecular complexity index is 106. The Morgan fingerprint density at radius 2 is 2.30 bits per heavy atom. The van der Waals surface area contributed by atoms with Crippen molar-refractivity contribution in [3.63, 3.8) is 0 Å². The average Bonchev–Trinajstić information content (AvgIpc) is 1.98. The van der Waals surface area contributed by atoms with Gasteiger partial charge in [-0.1, -0.05) is 0 Å². The van der Waals surface area contributed by atoms with Crippen molar-refractivity contribution in [2.45, 2.75) is 0 Å². The first-order valence-electron chi connectivity index (χ1n) is 2.70. The monoisotopic (exact) mass is 149 g/mol. The van der Waals surface area contributed by atoms with Gasteiger partial charge in [-0.15, -0.1) is 0 Å². The molecule has 0 aromatic heterocycles. The summed E-state index contributed by atoms with van der Waals surface area (Å²) >= 11 is 0. The van der Waals surface area contributed by atoms with E-state index in [1.165, 1.54) is 14.2 Å². The van der Waals surface area contributed by atoms with Gasteiger partial charge in [-0.25, -0.2) is 4.79 Å². The van der Waals surface area contributed by atoms with Crippen LogP contribution in [-0.2, 0) is 9.47 Å². The van der Waals surface area contributed by atoms with Gasteiger partial charge in [0.2, 0.25) is 0 Å². The Morgan fingerprint density at radius 3 is 2.70 bits per heavy atom. The molecule has 5 heteroatoms. The van der Waals surface area contributed by atoms with Crippen molar-refractivity contribution in [1.29, 1.82) is 0 Å². The van der Waals surface area contributed by atoms with E-state index in [9.17, 15) is 4.79 Å². The van der Waals surface area contributed by atoms with Crippen molar-refractivity contribution in [2.75, 3.05) is 27.7 Å². The Morgan fingerprint density at radius 1 is 1.70 bits per heavy atom. The molecule has 0 radical (unpaired) electrons. The maximum absolute atomic E-state index is 10.6. The number of nitrogens with zero attached hydrogens (tertiary/aromatic N) is 1. The van der Waals surface area contributed by atoms with E-state index in [2.05, 4.69) is 9.47 Å². The van der Waals surface area contributed by atoms with Gasteiger partial charge in [-0.3, -0.25) is 4.90 Å². The standard InChI is InChI=1S/C5H11NO4/c1-6(3-7)5(8)10-4-9-2/h7H,3-4H2,1-2H3. The lowest BCUT2D eigenvalue weighted by Gasteiger charge is -2.12. The highest BCUT2D eigenvalue weighted by Crippen LogP contribution is 1.86. The summed E-state index contributed by atoms with van der Waals surface area (Å²) in [5.74, 6) is 0. The first-order chi connectivity index (χ1) is 4.72. The lowest BCUT2D eigenvalue weighted by molar-refractivity contribution is -0.0106. The van der Waals surface area contributed by atoms with Crippen LogP contribution in [0.1, 0.15) is 0 Å². The van der Waals surface area contributed by atoms with Crippen molar-refractivity contribution >= 4 is 6.09 Å². The highest BCUT2D eigenvalue weighted by atomic mass is 16.7. The zero-order valence-corrected chi connectivity index (χ0v) is 6.03. The molecule has 10 heavy (non-hydrogen) atoms. The van der Waals surface area contributed by atoms with Gasteiger partial charge in [0.25, 0.3) is 0 Å². The number of carbonyl (C=O) groups is 1. The van der Waals surface area contributed by atoms with Gasteiger partial charge in [-0.2, -0.15) is 0 Å². The van der Waals surface area contributed by atoms with E-state index in [1.807, 2.05) is 0 Å². The molecular weight excluding hydrogens is 138 g/mol.